The molecule has 0 aliphatic carbocycles. The molecule has 2 heterocycles. The average Bonchev–Trinajstić information content (AvgIpc) is 2.38. The van der Waals surface area contributed by atoms with Gasteiger partial charge in [-0.1, -0.05) is 0 Å². The van der Waals surface area contributed by atoms with E-state index in [0.29, 0.717) is 6.04 Å². The maximum absolute atomic E-state index is 9.64. The molecular formula is C15H25N3O. The largest absolute Gasteiger partial charge is 0.389 e. The van der Waals surface area contributed by atoms with E-state index in [1.54, 1.807) is 6.92 Å². The zero-order valence-corrected chi connectivity index (χ0v) is 12.4. The summed E-state index contributed by atoms with van der Waals surface area (Å²) < 4.78 is 0. The van der Waals surface area contributed by atoms with Crippen LogP contribution in [0.5, 0.6) is 0 Å². The van der Waals surface area contributed by atoms with Crippen molar-refractivity contribution in [1.29, 1.82) is 0 Å². The number of nitrogens with zero attached hydrogens (tertiary/aromatic N) is 3. The fourth-order valence-corrected chi connectivity index (χ4v) is 2.63. The normalized spacial score (nSPS) is 18.9. The van der Waals surface area contributed by atoms with Crippen molar-refractivity contribution < 1.29 is 5.11 Å². The molecule has 1 aliphatic heterocycles. The van der Waals surface area contributed by atoms with E-state index in [4.69, 9.17) is 0 Å². The molecule has 1 saturated heterocycles. The van der Waals surface area contributed by atoms with Gasteiger partial charge in [0, 0.05) is 44.0 Å². The highest BCUT2D eigenvalue weighted by molar-refractivity contribution is 5.44. The van der Waals surface area contributed by atoms with Crippen LogP contribution in [0, 0.1) is 6.92 Å². The Bertz CT molecular complexity index is 423. The summed E-state index contributed by atoms with van der Waals surface area (Å²) in [6, 6.07) is 2.71. The summed E-state index contributed by atoms with van der Waals surface area (Å²) in [5.74, 6) is 1.03. The number of aliphatic hydroxyl groups excluding tert-OH is 1. The van der Waals surface area contributed by atoms with Crippen LogP contribution in [-0.4, -0.2) is 47.2 Å². The topological polar surface area (TPSA) is 39.6 Å². The molecule has 0 unspecified atom stereocenters. The van der Waals surface area contributed by atoms with E-state index in [9.17, 15) is 5.11 Å². The van der Waals surface area contributed by atoms with Crippen LogP contribution in [0.15, 0.2) is 12.3 Å². The van der Waals surface area contributed by atoms with Crippen LogP contribution in [0.2, 0.25) is 0 Å². The van der Waals surface area contributed by atoms with Gasteiger partial charge >= 0.3 is 0 Å². The highest BCUT2D eigenvalue weighted by Gasteiger charge is 2.20. The highest BCUT2D eigenvalue weighted by Crippen LogP contribution is 2.21. The van der Waals surface area contributed by atoms with E-state index >= 15 is 0 Å². The third kappa shape index (κ3) is 3.25. The Balaban J connectivity index is 2.06. The molecule has 1 aromatic heterocycles. The van der Waals surface area contributed by atoms with Gasteiger partial charge in [-0.2, -0.15) is 0 Å². The minimum Gasteiger partial charge on any atom is -0.389 e. The molecule has 0 saturated carbocycles. The molecule has 2 rings (SSSR count). The minimum absolute atomic E-state index is 0.445. The van der Waals surface area contributed by atoms with Gasteiger partial charge in [0.05, 0.1) is 6.10 Å². The Morgan fingerprint density at radius 3 is 2.26 bits per heavy atom. The molecule has 0 spiro atoms. The summed E-state index contributed by atoms with van der Waals surface area (Å²) in [5, 5.41) is 9.64. The second-order valence-electron chi connectivity index (χ2n) is 5.69. The number of aromatic nitrogens is 1. The maximum atomic E-state index is 9.64. The summed E-state index contributed by atoms with van der Waals surface area (Å²) in [6.07, 6.45) is 1.36. The number of pyridine rings is 1. The van der Waals surface area contributed by atoms with Crippen molar-refractivity contribution in [3.63, 3.8) is 0 Å². The molecule has 0 bridgehead atoms. The molecule has 1 aliphatic rings. The van der Waals surface area contributed by atoms with Crippen LogP contribution in [0.3, 0.4) is 0 Å². The fraction of sp³-hybridized carbons (Fsp3) is 0.667. The lowest BCUT2D eigenvalue weighted by Gasteiger charge is -2.37. The van der Waals surface area contributed by atoms with Gasteiger partial charge in [-0.3, -0.25) is 4.90 Å². The monoisotopic (exact) mass is 263 g/mol. The van der Waals surface area contributed by atoms with Gasteiger partial charge < -0.3 is 10.0 Å². The van der Waals surface area contributed by atoms with Gasteiger partial charge in [0.1, 0.15) is 5.82 Å². The predicted octanol–water partition coefficient (Wildman–Crippen LogP) is 1.97. The number of hydrogen-bond acceptors (Lipinski definition) is 4. The summed E-state index contributed by atoms with van der Waals surface area (Å²) >= 11 is 0. The Labute approximate surface area is 116 Å². The first-order chi connectivity index (χ1) is 8.99. The van der Waals surface area contributed by atoms with E-state index < -0.39 is 6.10 Å². The number of anilines is 1. The number of aliphatic hydroxyl groups is 1. The Hall–Kier alpha value is -1.13. The van der Waals surface area contributed by atoms with E-state index in [1.807, 2.05) is 13.1 Å². The summed E-state index contributed by atoms with van der Waals surface area (Å²) in [7, 11) is 0. The first-order valence-corrected chi connectivity index (χ1v) is 7.12. The average molecular weight is 263 g/mol. The van der Waals surface area contributed by atoms with E-state index in [0.717, 1.165) is 43.1 Å². The lowest BCUT2D eigenvalue weighted by atomic mass is 10.1. The molecule has 106 valence electrons. The number of rotatable bonds is 3. The molecule has 4 heteroatoms. The molecule has 1 N–H and O–H groups in total. The van der Waals surface area contributed by atoms with Crippen LogP contribution < -0.4 is 4.90 Å². The van der Waals surface area contributed by atoms with Crippen molar-refractivity contribution in [2.45, 2.75) is 39.8 Å². The van der Waals surface area contributed by atoms with Crippen molar-refractivity contribution in [1.82, 2.24) is 9.88 Å². The standard InChI is InChI=1S/C15H25N3O/c1-11(2)17-5-7-18(8-6-17)15-9-12(3)14(10-16-15)13(4)19/h9-11,13,19H,5-8H2,1-4H3/t13-/m0/s1. The second-order valence-corrected chi connectivity index (χ2v) is 5.69. The smallest absolute Gasteiger partial charge is 0.128 e. The predicted molar refractivity (Wildman–Crippen MR) is 78.5 cm³/mol. The Morgan fingerprint density at radius 2 is 1.79 bits per heavy atom. The lowest BCUT2D eigenvalue weighted by Crippen LogP contribution is -2.49. The molecule has 19 heavy (non-hydrogen) atoms. The number of piperazine rings is 1. The van der Waals surface area contributed by atoms with Crippen LogP contribution in [-0.2, 0) is 0 Å². The SMILES string of the molecule is Cc1cc(N2CCN(C(C)C)CC2)ncc1[C@H](C)O. The van der Waals surface area contributed by atoms with Crippen LogP contribution >= 0.6 is 0 Å². The molecule has 0 amide bonds. The molecular weight excluding hydrogens is 238 g/mol. The van der Waals surface area contributed by atoms with Crippen molar-refractivity contribution in [2.24, 2.45) is 0 Å². The van der Waals surface area contributed by atoms with Gasteiger partial charge in [-0.15, -0.1) is 0 Å². The summed E-state index contributed by atoms with van der Waals surface area (Å²) in [5.41, 5.74) is 2.04. The second kappa shape index (κ2) is 5.88. The number of hydrogen-bond donors (Lipinski definition) is 1. The molecule has 0 radical (unpaired) electrons. The Kier molecular flexibility index (Phi) is 4.42. The van der Waals surface area contributed by atoms with Gasteiger partial charge in [-0.05, 0) is 39.3 Å². The lowest BCUT2D eigenvalue weighted by molar-refractivity contribution is 0.198. The van der Waals surface area contributed by atoms with Gasteiger partial charge in [0.25, 0.3) is 0 Å². The van der Waals surface area contributed by atoms with Crippen molar-refractivity contribution >= 4 is 5.82 Å². The van der Waals surface area contributed by atoms with Crippen molar-refractivity contribution in [2.75, 3.05) is 31.1 Å². The summed E-state index contributed by atoms with van der Waals surface area (Å²) in [6.45, 7) is 12.6. The Morgan fingerprint density at radius 1 is 1.16 bits per heavy atom. The fourth-order valence-electron chi connectivity index (χ4n) is 2.63. The van der Waals surface area contributed by atoms with Crippen molar-refractivity contribution in [3.8, 4) is 0 Å². The van der Waals surface area contributed by atoms with E-state index in [2.05, 4.69) is 34.7 Å². The maximum Gasteiger partial charge on any atom is 0.128 e. The van der Waals surface area contributed by atoms with Crippen LogP contribution in [0.25, 0.3) is 0 Å². The van der Waals surface area contributed by atoms with Crippen LogP contribution in [0.4, 0.5) is 5.82 Å². The first kappa shape index (κ1) is 14.3. The first-order valence-electron chi connectivity index (χ1n) is 7.12. The summed E-state index contributed by atoms with van der Waals surface area (Å²) in [4.78, 5) is 9.33. The minimum atomic E-state index is -0.445. The van der Waals surface area contributed by atoms with Gasteiger partial charge in [0.2, 0.25) is 0 Å². The zero-order valence-electron chi connectivity index (χ0n) is 12.4. The third-order valence-corrected chi connectivity index (χ3v) is 3.96. The highest BCUT2D eigenvalue weighted by atomic mass is 16.3. The third-order valence-electron chi connectivity index (χ3n) is 3.96. The molecule has 4 nitrogen and oxygen atoms in total. The quantitative estimate of drug-likeness (QED) is 0.905. The van der Waals surface area contributed by atoms with Gasteiger partial charge in [0.15, 0.2) is 0 Å². The molecule has 0 aromatic carbocycles. The van der Waals surface area contributed by atoms with Crippen LogP contribution in [0.1, 0.15) is 38.0 Å². The molecule has 1 atom stereocenters. The van der Waals surface area contributed by atoms with E-state index in [1.165, 1.54) is 0 Å². The van der Waals surface area contributed by atoms with Crippen molar-refractivity contribution in [3.05, 3.63) is 23.4 Å². The van der Waals surface area contributed by atoms with Gasteiger partial charge in [-0.25, -0.2) is 4.98 Å². The molecule has 1 fully saturated rings. The zero-order chi connectivity index (χ0) is 14.0. The molecule has 1 aromatic rings. The van der Waals surface area contributed by atoms with E-state index in [-0.39, 0.29) is 0 Å². The number of aryl methyl sites for hydroxylation is 1.